The van der Waals surface area contributed by atoms with Gasteiger partial charge in [0.05, 0.1) is 6.04 Å². The molecule has 15 heavy (non-hydrogen) atoms. The highest BCUT2D eigenvalue weighted by atomic mass is 32.1. The van der Waals surface area contributed by atoms with Gasteiger partial charge >= 0.3 is 5.97 Å². The van der Waals surface area contributed by atoms with Crippen molar-refractivity contribution in [3.8, 4) is 0 Å². The number of likely N-dealkylation sites (N-methyl/N-ethyl adjacent to an activating group) is 2. The van der Waals surface area contributed by atoms with Gasteiger partial charge in [-0.2, -0.15) is 0 Å². The van der Waals surface area contributed by atoms with Crippen LogP contribution in [-0.4, -0.2) is 43.2 Å². The van der Waals surface area contributed by atoms with E-state index in [1.165, 1.54) is 0 Å². The summed E-state index contributed by atoms with van der Waals surface area (Å²) in [5.74, 6) is -0.829. The molecule has 0 aliphatic rings. The minimum Gasteiger partial charge on any atom is -0.480 e. The van der Waals surface area contributed by atoms with E-state index in [9.17, 15) is 4.79 Å². The fourth-order valence-electron chi connectivity index (χ4n) is 1.59. The second kappa shape index (κ2) is 5.25. The molecule has 0 aliphatic heterocycles. The maximum absolute atomic E-state index is 11.1. The molecule has 2 N–H and O–H groups in total. The largest absolute Gasteiger partial charge is 0.480 e. The van der Waals surface area contributed by atoms with Crippen molar-refractivity contribution in [3.05, 3.63) is 22.4 Å². The van der Waals surface area contributed by atoms with Crippen LogP contribution in [0.3, 0.4) is 0 Å². The maximum atomic E-state index is 11.1. The molecule has 84 valence electrons. The highest BCUT2D eigenvalue weighted by Gasteiger charge is 2.30. The van der Waals surface area contributed by atoms with Gasteiger partial charge in [0.1, 0.15) is 6.04 Å². The van der Waals surface area contributed by atoms with Crippen LogP contribution in [-0.2, 0) is 4.79 Å². The first-order valence-electron chi connectivity index (χ1n) is 4.67. The van der Waals surface area contributed by atoms with Crippen LogP contribution in [0.15, 0.2) is 17.5 Å². The second-order valence-electron chi connectivity index (χ2n) is 3.53. The lowest BCUT2D eigenvalue weighted by atomic mass is 10.1. The maximum Gasteiger partial charge on any atom is 0.322 e. The molecule has 2 unspecified atom stereocenters. The van der Waals surface area contributed by atoms with Gasteiger partial charge < -0.3 is 10.4 Å². The number of rotatable bonds is 5. The summed E-state index contributed by atoms with van der Waals surface area (Å²) in [5, 5.41) is 13.9. The van der Waals surface area contributed by atoms with Gasteiger partial charge in [-0.1, -0.05) is 6.07 Å². The van der Waals surface area contributed by atoms with Crippen LogP contribution in [0, 0.1) is 0 Å². The summed E-state index contributed by atoms with van der Waals surface area (Å²) in [5.41, 5.74) is 0. The summed E-state index contributed by atoms with van der Waals surface area (Å²) in [7, 11) is 5.44. The fourth-order valence-corrected chi connectivity index (χ4v) is 2.55. The first kappa shape index (κ1) is 12.2. The molecule has 0 saturated carbocycles. The molecule has 0 saturated heterocycles. The van der Waals surface area contributed by atoms with Gasteiger partial charge in [-0.15, -0.1) is 11.3 Å². The SMILES string of the molecule is CNC(C(=O)O)C(c1cccs1)N(C)C. The summed E-state index contributed by atoms with van der Waals surface area (Å²) in [4.78, 5) is 14.1. The number of hydrogen-bond acceptors (Lipinski definition) is 4. The first-order chi connectivity index (χ1) is 7.07. The van der Waals surface area contributed by atoms with Crippen LogP contribution in [0.5, 0.6) is 0 Å². The second-order valence-corrected chi connectivity index (χ2v) is 4.51. The van der Waals surface area contributed by atoms with Crippen LogP contribution < -0.4 is 5.32 Å². The number of hydrogen-bond donors (Lipinski definition) is 2. The molecule has 1 aromatic heterocycles. The van der Waals surface area contributed by atoms with E-state index in [-0.39, 0.29) is 6.04 Å². The molecule has 0 aromatic carbocycles. The van der Waals surface area contributed by atoms with Crippen LogP contribution in [0.25, 0.3) is 0 Å². The molecule has 2 atom stereocenters. The predicted octanol–water partition coefficient (Wildman–Crippen LogP) is 1.02. The first-order valence-corrected chi connectivity index (χ1v) is 5.55. The van der Waals surface area contributed by atoms with E-state index in [0.717, 1.165) is 4.88 Å². The van der Waals surface area contributed by atoms with Gasteiger partial charge in [0.15, 0.2) is 0 Å². The molecule has 0 aliphatic carbocycles. The normalized spacial score (nSPS) is 15.2. The molecular formula is C10H16N2O2S. The summed E-state index contributed by atoms with van der Waals surface area (Å²) in [6.45, 7) is 0. The van der Waals surface area contributed by atoms with Crippen molar-refractivity contribution in [2.45, 2.75) is 12.1 Å². The minimum absolute atomic E-state index is 0.132. The third-order valence-electron chi connectivity index (χ3n) is 2.28. The zero-order valence-corrected chi connectivity index (χ0v) is 9.91. The van der Waals surface area contributed by atoms with Crippen molar-refractivity contribution in [2.24, 2.45) is 0 Å². The van der Waals surface area contributed by atoms with Crippen molar-refractivity contribution >= 4 is 17.3 Å². The summed E-state index contributed by atoms with van der Waals surface area (Å²) in [6, 6.07) is 3.18. The van der Waals surface area contributed by atoms with Crippen LogP contribution in [0.2, 0.25) is 0 Å². The van der Waals surface area contributed by atoms with Gasteiger partial charge in [-0.3, -0.25) is 9.69 Å². The Bertz CT molecular complexity index is 311. The average molecular weight is 228 g/mol. The van der Waals surface area contributed by atoms with Gasteiger partial charge in [-0.05, 0) is 32.6 Å². The Labute approximate surface area is 93.5 Å². The standard InChI is InChI=1S/C10H16N2O2S/c1-11-8(10(13)14)9(12(2)3)7-5-4-6-15-7/h4-6,8-9,11H,1-3H3,(H,13,14). The number of carbonyl (C=O) groups is 1. The minimum atomic E-state index is -0.829. The number of nitrogens with zero attached hydrogens (tertiary/aromatic N) is 1. The molecular weight excluding hydrogens is 212 g/mol. The van der Waals surface area contributed by atoms with Gasteiger partial charge in [-0.25, -0.2) is 0 Å². The molecule has 4 nitrogen and oxygen atoms in total. The molecule has 1 rings (SSSR count). The Hall–Kier alpha value is -0.910. The monoisotopic (exact) mass is 228 g/mol. The number of carboxylic acid groups (broad SMARTS) is 1. The molecule has 0 fully saturated rings. The Kier molecular flexibility index (Phi) is 4.26. The van der Waals surface area contributed by atoms with E-state index < -0.39 is 12.0 Å². The van der Waals surface area contributed by atoms with E-state index in [0.29, 0.717) is 0 Å². The fraction of sp³-hybridized carbons (Fsp3) is 0.500. The molecule has 5 heteroatoms. The molecule has 1 heterocycles. The van der Waals surface area contributed by atoms with Crippen molar-refractivity contribution in [1.82, 2.24) is 10.2 Å². The highest BCUT2D eigenvalue weighted by Crippen LogP contribution is 2.26. The van der Waals surface area contributed by atoms with Crippen molar-refractivity contribution in [2.75, 3.05) is 21.1 Å². The summed E-state index contributed by atoms with van der Waals surface area (Å²) >= 11 is 1.58. The molecule has 0 radical (unpaired) electrons. The number of carboxylic acids is 1. The summed E-state index contributed by atoms with van der Waals surface area (Å²) < 4.78 is 0. The third-order valence-corrected chi connectivity index (χ3v) is 3.23. The number of aliphatic carboxylic acids is 1. The number of thiophene rings is 1. The predicted molar refractivity (Wildman–Crippen MR) is 61.2 cm³/mol. The summed E-state index contributed by atoms with van der Waals surface area (Å²) in [6.07, 6.45) is 0. The van der Waals surface area contributed by atoms with Gasteiger partial charge in [0.2, 0.25) is 0 Å². The zero-order chi connectivity index (χ0) is 11.4. The molecule has 1 aromatic rings. The van der Waals surface area contributed by atoms with E-state index in [2.05, 4.69) is 5.32 Å². The van der Waals surface area contributed by atoms with E-state index in [1.807, 2.05) is 36.5 Å². The molecule has 0 bridgehead atoms. The van der Waals surface area contributed by atoms with Crippen molar-refractivity contribution in [1.29, 1.82) is 0 Å². The highest BCUT2D eigenvalue weighted by molar-refractivity contribution is 7.10. The van der Waals surface area contributed by atoms with Gasteiger partial charge in [0, 0.05) is 4.88 Å². The Balaban J connectivity index is 2.96. The Morgan fingerprint density at radius 1 is 1.60 bits per heavy atom. The third kappa shape index (κ3) is 2.77. The van der Waals surface area contributed by atoms with E-state index in [1.54, 1.807) is 18.4 Å². The topological polar surface area (TPSA) is 52.6 Å². The van der Waals surface area contributed by atoms with Crippen LogP contribution in [0.4, 0.5) is 0 Å². The van der Waals surface area contributed by atoms with Crippen LogP contribution in [0.1, 0.15) is 10.9 Å². The Morgan fingerprint density at radius 3 is 2.60 bits per heavy atom. The van der Waals surface area contributed by atoms with E-state index in [4.69, 9.17) is 5.11 Å². The van der Waals surface area contributed by atoms with Crippen molar-refractivity contribution in [3.63, 3.8) is 0 Å². The molecule has 0 spiro atoms. The lowest BCUT2D eigenvalue weighted by Gasteiger charge is -2.28. The van der Waals surface area contributed by atoms with Crippen molar-refractivity contribution < 1.29 is 9.90 Å². The van der Waals surface area contributed by atoms with E-state index >= 15 is 0 Å². The Morgan fingerprint density at radius 2 is 2.27 bits per heavy atom. The quantitative estimate of drug-likeness (QED) is 0.790. The lowest BCUT2D eigenvalue weighted by Crippen LogP contribution is -2.44. The number of nitrogens with one attached hydrogen (secondary N) is 1. The smallest absolute Gasteiger partial charge is 0.322 e. The zero-order valence-electron chi connectivity index (χ0n) is 9.10. The lowest BCUT2D eigenvalue weighted by molar-refractivity contribution is -0.141. The van der Waals surface area contributed by atoms with Crippen LogP contribution >= 0.6 is 11.3 Å². The average Bonchev–Trinajstić information content (AvgIpc) is 2.64. The van der Waals surface area contributed by atoms with Gasteiger partial charge in [0.25, 0.3) is 0 Å². The molecule has 0 amide bonds.